The van der Waals surface area contributed by atoms with Gasteiger partial charge in [-0.1, -0.05) is 25.1 Å². The number of piperidine rings is 1. The average Bonchev–Trinajstić information content (AvgIpc) is 2.65. The zero-order valence-corrected chi connectivity index (χ0v) is 16.0. The second-order valence-corrected chi connectivity index (χ2v) is 7.38. The third kappa shape index (κ3) is 5.16. The van der Waals surface area contributed by atoms with E-state index in [1.807, 2.05) is 13.0 Å². The summed E-state index contributed by atoms with van der Waals surface area (Å²) in [4.78, 5) is 0. The number of benzene rings is 2. The molecule has 2 aromatic rings. The summed E-state index contributed by atoms with van der Waals surface area (Å²) in [7, 11) is 0. The number of hydrogen-bond acceptors (Lipinski definition) is 2. The Kier molecular flexibility index (Phi) is 6.62. The quantitative estimate of drug-likeness (QED) is 0.613. The van der Waals surface area contributed by atoms with Crippen molar-refractivity contribution in [3.8, 4) is 0 Å². The van der Waals surface area contributed by atoms with Crippen LogP contribution in [0.5, 0.6) is 0 Å². The van der Waals surface area contributed by atoms with Gasteiger partial charge in [0.15, 0.2) is 0 Å². The van der Waals surface area contributed by atoms with Crippen LogP contribution in [0.15, 0.2) is 36.9 Å². The predicted molar refractivity (Wildman–Crippen MR) is 109 cm³/mol. The Morgan fingerprint density at radius 2 is 2.04 bits per heavy atom. The Bertz CT molecular complexity index is 795. The number of rotatable bonds is 7. The summed E-state index contributed by atoms with van der Waals surface area (Å²) in [6.07, 6.45) is 8.33. The van der Waals surface area contributed by atoms with E-state index < -0.39 is 0 Å². The minimum Gasteiger partial charge on any atom is -0.353 e. The van der Waals surface area contributed by atoms with Crippen LogP contribution in [0.2, 0.25) is 0 Å². The summed E-state index contributed by atoms with van der Waals surface area (Å²) in [5.74, 6) is -0.666. The molecule has 2 nitrogen and oxygen atoms in total. The molecule has 1 aliphatic heterocycles. The molecule has 1 heterocycles. The van der Waals surface area contributed by atoms with Crippen LogP contribution in [-0.4, -0.2) is 12.6 Å². The predicted octanol–water partition coefficient (Wildman–Crippen LogP) is 6.12. The maximum Gasteiger partial charge on any atom is 0.146 e. The lowest BCUT2D eigenvalue weighted by Gasteiger charge is -2.23. The van der Waals surface area contributed by atoms with Crippen molar-refractivity contribution < 1.29 is 8.78 Å². The van der Waals surface area contributed by atoms with Gasteiger partial charge in [-0.25, -0.2) is 8.78 Å². The first-order valence-corrected chi connectivity index (χ1v) is 9.78. The molecule has 27 heavy (non-hydrogen) atoms. The Balaban J connectivity index is 1.75. The van der Waals surface area contributed by atoms with Gasteiger partial charge in [0.25, 0.3) is 0 Å². The van der Waals surface area contributed by atoms with Gasteiger partial charge in [0, 0.05) is 17.3 Å². The van der Waals surface area contributed by atoms with Gasteiger partial charge >= 0.3 is 0 Å². The highest BCUT2D eigenvalue weighted by molar-refractivity contribution is 5.74. The maximum absolute atomic E-state index is 14.2. The van der Waals surface area contributed by atoms with Gasteiger partial charge < -0.3 is 10.6 Å². The normalized spacial score (nSPS) is 16.9. The molecule has 0 bridgehead atoms. The first-order valence-electron chi connectivity index (χ1n) is 9.78. The van der Waals surface area contributed by atoms with Crippen molar-refractivity contribution in [3.05, 3.63) is 65.2 Å². The molecule has 3 rings (SSSR count). The van der Waals surface area contributed by atoms with Gasteiger partial charge in [-0.15, -0.1) is 0 Å². The highest BCUT2D eigenvalue weighted by atomic mass is 19.1. The largest absolute Gasteiger partial charge is 0.353 e. The van der Waals surface area contributed by atoms with Crippen molar-refractivity contribution in [2.24, 2.45) is 0 Å². The lowest BCUT2D eigenvalue weighted by Crippen LogP contribution is -2.33. The second kappa shape index (κ2) is 9.14. The van der Waals surface area contributed by atoms with Crippen molar-refractivity contribution in [2.75, 3.05) is 11.9 Å². The first kappa shape index (κ1) is 19.6. The van der Waals surface area contributed by atoms with Crippen LogP contribution in [0.25, 0.3) is 6.08 Å². The molecule has 1 saturated heterocycles. The molecule has 2 N–H and O–H groups in total. The molecule has 0 amide bonds. The first-order chi connectivity index (χ1) is 13.1. The monoisotopic (exact) mass is 370 g/mol. The van der Waals surface area contributed by atoms with Crippen LogP contribution in [0, 0.1) is 18.6 Å². The summed E-state index contributed by atoms with van der Waals surface area (Å²) in [5, 5.41) is 6.59. The van der Waals surface area contributed by atoms with Crippen molar-refractivity contribution in [2.45, 2.75) is 51.5 Å². The van der Waals surface area contributed by atoms with E-state index in [2.05, 4.69) is 17.2 Å². The van der Waals surface area contributed by atoms with E-state index in [1.165, 1.54) is 31.4 Å². The van der Waals surface area contributed by atoms with Crippen molar-refractivity contribution >= 4 is 17.5 Å². The Labute approximate surface area is 160 Å². The van der Waals surface area contributed by atoms with Gasteiger partial charge in [0.1, 0.15) is 11.6 Å². The van der Waals surface area contributed by atoms with Gasteiger partial charge in [-0.2, -0.15) is 0 Å². The molecule has 0 aromatic heterocycles. The third-order valence-electron chi connectivity index (χ3n) is 5.24. The van der Waals surface area contributed by atoms with E-state index in [0.717, 1.165) is 42.5 Å². The standard InChI is InChI=1S/C23H28F2N2/c1-3-20-17(7-6-9-19-8-4-5-12-26-19)14-18(24)15-23(20)27-22-11-10-16(2)13-21(22)25/h3,10-11,13-15,19,26-27H,1,4-9,12H2,2H3. The molecule has 1 atom stereocenters. The Morgan fingerprint density at radius 1 is 1.19 bits per heavy atom. The van der Waals surface area contributed by atoms with E-state index in [-0.39, 0.29) is 11.6 Å². The maximum atomic E-state index is 14.2. The zero-order valence-electron chi connectivity index (χ0n) is 16.0. The van der Waals surface area contributed by atoms with E-state index in [0.29, 0.717) is 17.4 Å². The minimum absolute atomic E-state index is 0.318. The number of halogens is 2. The van der Waals surface area contributed by atoms with Crippen LogP contribution in [0.4, 0.5) is 20.2 Å². The molecule has 0 saturated carbocycles. The molecule has 0 aliphatic carbocycles. The molecule has 4 heteroatoms. The van der Waals surface area contributed by atoms with Gasteiger partial charge in [0.05, 0.1) is 5.69 Å². The number of nitrogens with one attached hydrogen (secondary N) is 2. The van der Waals surface area contributed by atoms with E-state index in [4.69, 9.17) is 0 Å². The van der Waals surface area contributed by atoms with Crippen LogP contribution in [0.1, 0.15) is 48.8 Å². The molecule has 1 unspecified atom stereocenters. The van der Waals surface area contributed by atoms with E-state index >= 15 is 0 Å². The van der Waals surface area contributed by atoms with Gasteiger partial charge in [-0.3, -0.25) is 0 Å². The highest BCUT2D eigenvalue weighted by Gasteiger charge is 2.14. The molecule has 2 aromatic carbocycles. The lowest BCUT2D eigenvalue weighted by molar-refractivity contribution is 0.376. The minimum atomic E-state index is -0.348. The van der Waals surface area contributed by atoms with Crippen LogP contribution >= 0.6 is 0 Å². The Hall–Kier alpha value is -2.20. The zero-order chi connectivity index (χ0) is 19.2. The molecular formula is C23H28F2N2. The SMILES string of the molecule is C=Cc1c(CCCC2CCCCN2)cc(F)cc1Nc1ccc(C)cc1F. The summed E-state index contributed by atoms with van der Waals surface area (Å²) < 4.78 is 28.4. The van der Waals surface area contributed by atoms with E-state index in [9.17, 15) is 8.78 Å². The second-order valence-electron chi connectivity index (χ2n) is 7.38. The van der Waals surface area contributed by atoms with Crippen molar-refractivity contribution in [1.82, 2.24) is 5.32 Å². The summed E-state index contributed by atoms with van der Waals surface area (Å²) >= 11 is 0. The number of anilines is 2. The summed E-state index contributed by atoms with van der Waals surface area (Å²) in [6, 6.07) is 8.52. The smallest absolute Gasteiger partial charge is 0.146 e. The molecule has 1 fully saturated rings. The van der Waals surface area contributed by atoms with Crippen LogP contribution < -0.4 is 10.6 Å². The van der Waals surface area contributed by atoms with E-state index in [1.54, 1.807) is 18.2 Å². The number of aryl methyl sites for hydroxylation is 2. The fourth-order valence-corrected chi connectivity index (χ4v) is 3.80. The lowest BCUT2D eigenvalue weighted by atomic mass is 9.95. The fraction of sp³-hybridized carbons (Fsp3) is 0.391. The van der Waals surface area contributed by atoms with Gasteiger partial charge in [0.2, 0.25) is 0 Å². The van der Waals surface area contributed by atoms with Crippen LogP contribution in [-0.2, 0) is 6.42 Å². The highest BCUT2D eigenvalue weighted by Crippen LogP contribution is 2.29. The molecule has 1 aliphatic rings. The Morgan fingerprint density at radius 3 is 2.74 bits per heavy atom. The van der Waals surface area contributed by atoms with Gasteiger partial charge in [-0.05, 0) is 81.0 Å². The molecule has 144 valence electrons. The molecule has 0 radical (unpaired) electrons. The van der Waals surface area contributed by atoms with Crippen molar-refractivity contribution in [1.29, 1.82) is 0 Å². The topological polar surface area (TPSA) is 24.1 Å². The molecular weight excluding hydrogens is 342 g/mol. The van der Waals surface area contributed by atoms with Crippen molar-refractivity contribution in [3.63, 3.8) is 0 Å². The summed E-state index contributed by atoms with van der Waals surface area (Å²) in [5.41, 5.74) is 3.49. The number of hydrogen-bond donors (Lipinski definition) is 2. The summed E-state index contributed by atoms with van der Waals surface area (Å²) in [6.45, 7) is 6.82. The molecule has 0 spiro atoms. The van der Waals surface area contributed by atoms with Crippen LogP contribution in [0.3, 0.4) is 0 Å². The fourth-order valence-electron chi connectivity index (χ4n) is 3.80. The average molecular weight is 370 g/mol. The third-order valence-corrected chi connectivity index (χ3v) is 5.24.